The van der Waals surface area contributed by atoms with Gasteiger partial charge in [-0.2, -0.15) is 0 Å². The number of rotatable bonds is 7. The Morgan fingerprint density at radius 2 is 1.92 bits per heavy atom. The lowest BCUT2D eigenvalue weighted by atomic mass is 10.0. The van der Waals surface area contributed by atoms with Crippen molar-refractivity contribution in [3.8, 4) is 0 Å². The molecule has 0 fully saturated rings. The Kier molecular flexibility index (Phi) is 6.80. The Labute approximate surface area is 158 Å². The molecule has 1 N–H and O–H groups in total. The van der Waals surface area contributed by atoms with Crippen LogP contribution in [-0.2, 0) is 0 Å². The summed E-state index contributed by atoms with van der Waals surface area (Å²) in [5, 5.41) is 2.93. The number of halogens is 2. The van der Waals surface area contributed by atoms with Gasteiger partial charge in [-0.25, -0.2) is 13.8 Å². The lowest BCUT2D eigenvalue weighted by Crippen LogP contribution is -2.15. The van der Waals surface area contributed by atoms with E-state index in [0.717, 1.165) is 35.0 Å². The second-order valence-electron chi connectivity index (χ2n) is 6.17. The van der Waals surface area contributed by atoms with Crippen molar-refractivity contribution in [2.75, 3.05) is 25.5 Å². The van der Waals surface area contributed by atoms with E-state index in [1.165, 1.54) is 12.1 Å². The summed E-state index contributed by atoms with van der Waals surface area (Å²) in [6.45, 7) is 7.19. The smallest absolute Gasteiger partial charge is 0.149 e. The molecule has 0 atom stereocenters. The molecule has 0 aliphatic heterocycles. The molecule has 0 amide bonds. The van der Waals surface area contributed by atoms with Crippen LogP contribution in [0.2, 0.25) is 0 Å². The maximum Gasteiger partial charge on any atom is 0.149 e. The first kappa shape index (κ1) is 20.0. The van der Waals surface area contributed by atoms with Crippen LogP contribution in [-0.4, -0.2) is 36.2 Å². The Hall–Kier alpha value is -2.34. The molecule has 138 valence electrons. The number of nitrogens with zero attached hydrogens (tertiary/aromatic N) is 2. The first-order chi connectivity index (χ1) is 12.3. The standard InChI is InChI=1S/C20H23F2N3S/c1-5-25(4)12-24-19-9-13(2)16(8-14(19)3)20(26)11-23-18-7-6-15(21)10-17(18)22/h6-10,12,23H,5,11H2,1-4H3. The molecule has 2 rings (SSSR count). The summed E-state index contributed by atoms with van der Waals surface area (Å²) >= 11 is 5.50. The molecular weight excluding hydrogens is 352 g/mol. The Bertz CT molecular complexity index is 834. The molecule has 0 unspecified atom stereocenters. The van der Waals surface area contributed by atoms with E-state index in [1.807, 2.05) is 37.9 Å². The molecule has 3 nitrogen and oxygen atoms in total. The van der Waals surface area contributed by atoms with Gasteiger partial charge in [0.15, 0.2) is 0 Å². The summed E-state index contributed by atoms with van der Waals surface area (Å²) in [5.74, 6) is -1.24. The van der Waals surface area contributed by atoms with Gasteiger partial charge in [-0.1, -0.05) is 12.2 Å². The maximum absolute atomic E-state index is 13.7. The number of benzene rings is 2. The van der Waals surface area contributed by atoms with Gasteiger partial charge in [0.25, 0.3) is 0 Å². The predicted molar refractivity (Wildman–Crippen MR) is 109 cm³/mol. The quantitative estimate of drug-likeness (QED) is 0.319. The van der Waals surface area contributed by atoms with E-state index >= 15 is 0 Å². The molecule has 0 saturated carbocycles. The van der Waals surface area contributed by atoms with Gasteiger partial charge in [0.1, 0.15) is 11.6 Å². The Balaban J connectivity index is 2.13. The average Bonchev–Trinajstić information content (AvgIpc) is 2.60. The van der Waals surface area contributed by atoms with Gasteiger partial charge >= 0.3 is 0 Å². The fourth-order valence-corrected chi connectivity index (χ4v) is 2.68. The number of hydrogen-bond acceptors (Lipinski definition) is 3. The summed E-state index contributed by atoms with van der Waals surface area (Å²) < 4.78 is 26.7. The van der Waals surface area contributed by atoms with Crippen molar-refractivity contribution >= 4 is 34.8 Å². The largest absolute Gasteiger partial charge is 0.378 e. The van der Waals surface area contributed by atoms with Crippen molar-refractivity contribution in [3.63, 3.8) is 0 Å². The molecule has 0 bridgehead atoms. The van der Waals surface area contributed by atoms with Gasteiger partial charge in [-0.15, -0.1) is 0 Å². The summed E-state index contributed by atoms with van der Waals surface area (Å²) in [6.07, 6.45) is 1.80. The van der Waals surface area contributed by atoms with Crippen molar-refractivity contribution in [1.29, 1.82) is 0 Å². The maximum atomic E-state index is 13.7. The summed E-state index contributed by atoms with van der Waals surface area (Å²) in [7, 11) is 1.97. The van der Waals surface area contributed by atoms with Crippen molar-refractivity contribution in [2.45, 2.75) is 20.8 Å². The minimum atomic E-state index is -0.634. The molecule has 26 heavy (non-hydrogen) atoms. The first-order valence-corrected chi connectivity index (χ1v) is 8.80. The molecular formula is C20H23F2N3S. The molecule has 2 aromatic rings. The van der Waals surface area contributed by atoms with Crippen LogP contribution in [0.4, 0.5) is 20.2 Å². The fourth-order valence-electron chi connectivity index (χ4n) is 2.39. The van der Waals surface area contributed by atoms with Crippen LogP contribution in [0.5, 0.6) is 0 Å². The molecule has 0 aliphatic rings. The van der Waals surface area contributed by atoms with Gasteiger partial charge in [-0.3, -0.25) is 0 Å². The number of anilines is 1. The lowest BCUT2D eigenvalue weighted by Gasteiger charge is -2.14. The highest BCUT2D eigenvalue weighted by Crippen LogP contribution is 2.24. The zero-order valence-corrected chi connectivity index (χ0v) is 16.3. The molecule has 0 aromatic heterocycles. The lowest BCUT2D eigenvalue weighted by molar-refractivity contribution is 0.552. The number of aliphatic imine (C=N–C) groups is 1. The third kappa shape index (κ3) is 5.08. The summed E-state index contributed by atoms with van der Waals surface area (Å²) in [5.41, 5.74) is 4.07. The number of nitrogens with one attached hydrogen (secondary N) is 1. The predicted octanol–water partition coefficient (Wildman–Crippen LogP) is 5.02. The highest BCUT2D eigenvalue weighted by molar-refractivity contribution is 7.81. The summed E-state index contributed by atoms with van der Waals surface area (Å²) in [6, 6.07) is 7.42. The van der Waals surface area contributed by atoms with E-state index in [-0.39, 0.29) is 5.69 Å². The monoisotopic (exact) mass is 375 g/mol. The number of aryl methyl sites for hydroxylation is 2. The van der Waals surface area contributed by atoms with Crippen LogP contribution in [0.25, 0.3) is 0 Å². The van der Waals surface area contributed by atoms with Crippen LogP contribution in [0, 0.1) is 25.5 Å². The normalized spacial score (nSPS) is 11.0. The van der Waals surface area contributed by atoms with Gasteiger partial charge in [-0.05, 0) is 61.7 Å². The molecule has 0 saturated heterocycles. The van der Waals surface area contributed by atoms with Crippen LogP contribution >= 0.6 is 12.2 Å². The number of thiocarbonyl (C=S) groups is 1. The van der Waals surface area contributed by atoms with Gasteiger partial charge in [0, 0.05) is 24.5 Å². The van der Waals surface area contributed by atoms with Gasteiger partial charge in [0.2, 0.25) is 0 Å². The second-order valence-corrected chi connectivity index (χ2v) is 6.67. The molecule has 0 spiro atoms. The van der Waals surface area contributed by atoms with Gasteiger partial charge in [0.05, 0.1) is 24.3 Å². The van der Waals surface area contributed by atoms with Crippen LogP contribution in [0.15, 0.2) is 35.3 Å². The van der Waals surface area contributed by atoms with Crippen LogP contribution in [0.1, 0.15) is 23.6 Å². The number of hydrogen-bond donors (Lipinski definition) is 1. The van der Waals surface area contributed by atoms with Crippen molar-refractivity contribution < 1.29 is 8.78 Å². The second kappa shape index (κ2) is 8.85. The minimum absolute atomic E-state index is 0.229. The highest BCUT2D eigenvalue weighted by atomic mass is 32.1. The van der Waals surface area contributed by atoms with Gasteiger partial charge < -0.3 is 10.2 Å². The molecule has 0 aliphatic carbocycles. The van der Waals surface area contributed by atoms with Crippen molar-refractivity contribution in [3.05, 3.63) is 58.7 Å². The minimum Gasteiger partial charge on any atom is -0.378 e. The van der Waals surface area contributed by atoms with E-state index < -0.39 is 11.6 Å². The molecule has 2 aromatic carbocycles. The Morgan fingerprint density at radius 1 is 1.19 bits per heavy atom. The van der Waals surface area contributed by atoms with Crippen molar-refractivity contribution in [2.24, 2.45) is 4.99 Å². The zero-order valence-electron chi connectivity index (χ0n) is 15.4. The van der Waals surface area contributed by atoms with E-state index in [1.54, 1.807) is 6.34 Å². The fraction of sp³-hybridized carbons (Fsp3) is 0.300. The topological polar surface area (TPSA) is 27.6 Å². The van der Waals surface area contributed by atoms with Crippen LogP contribution < -0.4 is 5.32 Å². The third-order valence-electron chi connectivity index (χ3n) is 4.11. The highest BCUT2D eigenvalue weighted by Gasteiger charge is 2.10. The zero-order chi connectivity index (χ0) is 19.3. The summed E-state index contributed by atoms with van der Waals surface area (Å²) in [4.78, 5) is 7.17. The Morgan fingerprint density at radius 3 is 2.58 bits per heavy atom. The third-order valence-corrected chi connectivity index (χ3v) is 4.47. The van der Waals surface area contributed by atoms with E-state index in [2.05, 4.69) is 17.2 Å². The van der Waals surface area contributed by atoms with Crippen LogP contribution in [0.3, 0.4) is 0 Å². The molecule has 0 radical (unpaired) electrons. The van der Waals surface area contributed by atoms with E-state index in [9.17, 15) is 8.78 Å². The SMILES string of the molecule is CCN(C)C=Nc1cc(C)c(C(=S)CNc2ccc(F)cc2F)cc1C. The van der Waals surface area contributed by atoms with E-state index in [0.29, 0.717) is 11.4 Å². The average molecular weight is 375 g/mol. The van der Waals surface area contributed by atoms with E-state index in [4.69, 9.17) is 12.2 Å². The molecule has 6 heteroatoms. The first-order valence-electron chi connectivity index (χ1n) is 8.39. The van der Waals surface area contributed by atoms with Crippen molar-refractivity contribution in [1.82, 2.24) is 4.90 Å². The molecule has 0 heterocycles.